The summed E-state index contributed by atoms with van der Waals surface area (Å²) in [4.78, 5) is 9.04. The highest BCUT2D eigenvalue weighted by atomic mass is 127. The molecule has 0 saturated heterocycles. The van der Waals surface area contributed by atoms with E-state index in [1.54, 1.807) is 0 Å². The summed E-state index contributed by atoms with van der Waals surface area (Å²) >= 11 is 0. The number of benzene rings is 1. The lowest BCUT2D eigenvalue weighted by Gasteiger charge is -2.11. The fraction of sp³-hybridized carbons (Fsp3) is 0.444. The lowest BCUT2D eigenvalue weighted by Crippen LogP contribution is -2.39. The number of ether oxygens (including phenoxy) is 1. The van der Waals surface area contributed by atoms with Crippen molar-refractivity contribution in [3.8, 4) is 0 Å². The molecule has 138 valence electrons. The van der Waals surface area contributed by atoms with Crippen LogP contribution in [0.2, 0.25) is 0 Å². The number of nitrogens with one attached hydrogen (secondary N) is 2. The molecule has 0 aliphatic carbocycles. The van der Waals surface area contributed by atoms with Gasteiger partial charge in [0.15, 0.2) is 5.96 Å². The zero-order valence-corrected chi connectivity index (χ0v) is 17.3. The third-order valence-electron chi connectivity index (χ3n) is 3.46. The van der Waals surface area contributed by atoms with Crippen molar-refractivity contribution in [2.24, 2.45) is 4.99 Å². The Labute approximate surface area is 167 Å². The van der Waals surface area contributed by atoms with Crippen LogP contribution in [-0.4, -0.2) is 41.8 Å². The zero-order chi connectivity index (χ0) is 17.0. The molecule has 1 aromatic carbocycles. The number of guanidine groups is 1. The van der Waals surface area contributed by atoms with E-state index in [0.29, 0.717) is 13.2 Å². The second-order valence-corrected chi connectivity index (χ2v) is 5.28. The van der Waals surface area contributed by atoms with Gasteiger partial charge in [0, 0.05) is 38.6 Å². The Balaban J connectivity index is 0.00000312. The van der Waals surface area contributed by atoms with Crippen LogP contribution in [-0.2, 0) is 17.8 Å². The Bertz CT molecular complexity index is 615. The molecular weight excluding hydrogens is 429 g/mol. The normalized spacial score (nSPS) is 11.0. The maximum atomic E-state index is 5.34. The van der Waals surface area contributed by atoms with Gasteiger partial charge in [0.1, 0.15) is 12.4 Å². The fourth-order valence-corrected chi connectivity index (χ4v) is 2.29. The largest absolute Gasteiger partial charge is 0.380 e. The van der Waals surface area contributed by atoms with Crippen LogP contribution in [0.4, 0.5) is 0 Å². The molecule has 25 heavy (non-hydrogen) atoms. The number of halogens is 1. The van der Waals surface area contributed by atoms with E-state index in [2.05, 4.69) is 56.4 Å². The van der Waals surface area contributed by atoms with E-state index in [9.17, 15) is 0 Å². The molecule has 0 radical (unpaired) electrons. The summed E-state index contributed by atoms with van der Waals surface area (Å²) in [5.41, 5.74) is 1.25. The molecule has 2 rings (SSSR count). The molecule has 7 heteroatoms. The molecule has 6 nitrogen and oxygen atoms in total. The Morgan fingerprint density at radius 1 is 1.20 bits per heavy atom. The summed E-state index contributed by atoms with van der Waals surface area (Å²) in [5, 5.41) is 6.50. The molecule has 0 amide bonds. The first-order valence-corrected chi connectivity index (χ1v) is 8.47. The quantitative estimate of drug-likeness (QED) is 0.263. The van der Waals surface area contributed by atoms with Crippen LogP contribution in [0.15, 0.2) is 47.7 Å². The maximum Gasteiger partial charge on any atom is 0.191 e. The first-order chi connectivity index (χ1) is 11.8. The number of hydrogen-bond donors (Lipinski definition) is 2. The molecular formula is C18H28IN5O. The number of nitrogens with zero attached hydrogens (tertiary/aromatic N) is 3. The van der Waals surface area contributed by atoms with Crippen LogP contribution in [0, 0.1) is 0 Å². The summed E-state index contributed by atoms with van der Waals surface area (Å²) in [7, 11) is 0. The van der Waals surface area contributed by atoms with Gasteiger partial charge in [-0.3, -0.25) is 0 Å². The van der Waals surface area contributed by atoms with E-state index in [4.69, 9.17) is 4.74 Å². The van der Waals surface area contributed by atoms with Crippen molar-refractivity contribution in [1.82, 2.24) is 20.2 Å². The highest BCUT2D eigenvalue weighted by Crippen LogP contribution is 2.06. The van der Waals surface area contributed by atoms with Gasteiger partial charge in [0.2, 0.25) is 0 Å². The molecule has 0 unspecified atom stereocenters. The smallest absolute Gasteiger partial charge is 0.191 e. The number of rotatable bonds is 9. The summed E-state index contributed by atoms with van der Waals surface area (Å²) < 4.78 is 7.46. The van der Waals surface area contributed by atoms with Gasteiger partial charge >= 0.3 is 0 Å². The van der Waals surface area contributed by atoms with Gasteiger partial charge in [-0.05, 0) is 19.4 Å². The predicted molar refractivity (Wildman–Crippen MR) is 112 cm³/mol. The molecule has 0 fully saturated rings. The van der Waals surface area contributed by atoms with Crippen molar-refractivity contribution < 1.29 is 4.74 Å². The number of aromatic nitrogens is 2. The topological polar surface area (TPSA) is 63.5 Å². The minimum Gasteiger partial charge on any atom is -0.380 e. The first kappa shape index (κ1) is 21.4. The van der Waals surface area contributed by atoms with Crippen molar-refractivity contribution in [3.05, 3.63) is 54.1 Å². The molecule has 2 N–H and O–H groups in total. The molecule has 1 heterocycles. The lowest BCUT2D eigenvalue weighted by molar-refractivity contribution is 0.152. The summed E-state index contributed by atoms with van der Waals surface area (Å²) in [5.74, 6) is 1.73. The van der Waals surface area contributed by atoms with Crippen LogP contribution in [0.1, 0.15) is 25.2 Å². The van der Waals surface area contributed by atoms with Crippen molar-refractivity contribution in [3.63, 3.8) is 0 Å². The minimum atomic E-state index is 0. The third kappa shape index (κ3) is 7.87. The van der Waals surface area contributed by atoms with Gasteiger partial charge in [-0.1, -0.05) is 30.3 Å². The Kier molecular flexibility index (Phi) is 10.9. The monoisotopic (exact) mass is 457 g/mol. The minimum absolute atomic E-state index is 0. The van der Waals surface area contributed by atoms with Gasteiger partial charge in [0.25, 0.3) is 0 Å². The summed E-state index contributed by atoms with van der Waals surface area (Å²) in [6, 6.07) is 10.4. The van der Waals surface area contributed by atoms with Crippen molar-refractivity contribution >= 4 is 29.9 Å². The Hall–Kier alpha value is -1.61. The average molecular weight is 457 g/mol. The second-order valence-electron chi connectivity index (χ2n) is 5.28. The average Bonchev–Trinajstić information content (AvgIpc) is 3.04. The predicted octanol–water partition coefficient (Wildman–Crippen LogP) is 2.64. The van der Waals surface area contributed by atoms with E-state index in [-0.39, 0.29) is 24.0 Å². The summed E-state index contributed by atoms with van der Waals surface area (Å²) in [6.07, 6.45) is 3.82. The molecule has 0 saturated carbocycles. The fourth-order valence-electron chi connectivity index (χ4n) is 2.29. The van der Waals surface area contributed by atoms with Gasteiger partial charge < -0.3 is 19.9 Å². The van der Waals surface area contributed by atoms with Gasteiger partial charge in [0.05, 0.1) is 6.61 Å². The summed E-state index contributed by atoms with van der Waals surface area (Å²) in [6.45, 7) is 8.33. The number of hydrogen-bond acceptors (Lipinski definition) is 3. The molecule has 0 atom stereocenters. The number of aliphatic imine (C=N–C) groups is 1. The SMILES string of the molecule is CCNC(=NCc1nccn1Cc1ccccc1)NCCOCC.I. The second kappa shape index (κ2) is 12.7. The highest BCUT2D eigenvalue weighted by molar-refractivity contribution is 14.0. The maximum absolute atomic E-state index is 5.34. The highest BCUT2D eigenvalue weighted by Gasteiger charge is 2.04. The van der Waals surface area contributed by atoms with E-state index in [0.717, 1.165) is 38.0 Å². The lowest BCUT2D eigenvalue weighted by atomic mass is 10.2. The van der Waals surface area contributed by atoms with Crippen molar-refractivity contribution in [1.29, 1.82) is 0 Å². The Morgan fingerprint density at radius 2 is 2.00 bits per heavy atom. The zero-order valence-electron chi connectivity index (χ0n) is 14.9. The standard InChI is InChI=1S/C18H27N5O.HI/c1-3-19-18(21-11-13-24-4-2)22-14-17-20-10-12-23(17)15-16-8-6-5-7-9-16;/h5-10,12H,3-4,11,13-15H2,1-2H3,(H2,19,21,22);1H. The van der Waals surface area contributed by atoms with Crippen LogP contribution in [0.25, 0.3) is 0 Å². The molecule has 0 aliphatic rings. The molecule has 1 aromatic heterocycles. The van der Waals surface area contributed by atoms with Crippen LogP contribution in [0.3, 0.4) is 0 Å². The molecule has 0 aliphatic heterocycles. The van der Waals surface area contributed by atoms with Crippen molar-refractivity contribution in [2.75, 3.05) is 26.3 Å². The molecule has 2 aromatic rings. The van der Waals surface area contributed by atoms with E-state index in [1.165, 1.54) is 5.56 Å². The van der Waals surface area contributed by atoms with Crippen molar-refractivity contribution in [2.45, 2.75) is 26.9 Å². The van der Waals surface area contributed by atoms with Gasteiger partial charge in [-0.2, -0.15) is 0 Å². The van der Waals surface area contributed by atoms with E-state index < -0.39 is 0 Å². The van der Waals surface area contributed by atoms with Crippen LogP contribution >= 0.6 is 24.0 Å². The molecule has 0 spiro atoms. The number of imidazole rings is 1. The van der Waals surface area contributed by atoms with Crippen LogP contribution < -0.4 is 10.6 Å². The van der Waals surface area contributed by atoms with Crippen LogP contribution in [0.5, 0.6) is 0 Å². The Morgan fingerprint density at radius 3 is 2.72 bits per heavy atom. The van der Waals surface area contributed by atoms with Gasteiger partial charge in [-0.15, -0.1) is 24.0 Å². The van der Waals surface area contributed by atoms with Gasteiger partial charge in [-0.25, -0.2) is 9.98 Å². The van der Waals surface area contributed by atoms with E-state index in [1.807, 2.05) is 25.4 Å². The molecule has 0 bridgehead atoms. The van der Waals surface area contributed by atoms with E-state index >= 15 is 0 Å². The first-order valence-electron chi connectivity index (χ1n) is 8.47. The third-order valence-corrected chi connectivity index (χ3v) is 3.46.